The lowest BCUT2D eigenvalue weighted by Crippen LogP contribution is -2.12. The molecule has 5 heteroatoms. The maximum absolute atomic E-state index is 12.8. The number of aromatic nitrogens is 1. The van der Waals surface area contributed by atoms with Crippen LogP contribution in [0.15, 0.2) is 83.7 Å². The summed E-state index contributed by atoms with van der Waals surface area (Å²) >= 11 is 0. The van der Waals surface area contributed by atoms with E-state index in [4.69, 9.17) is 9.47 Å². The van der Waals surface area contributed by atoms with Crippen molar-refractivity contribution in [3.63, 3.8) is 0 Å². The Morgan fingerprint density at radius 2 is 1.53 bits per heavy atom. The monoisotopic (exact) mass is 399 g/mol. The first-order valence-corrected chi connectivity index (χ1v) is 9.63. The molecule has 4 aromatic rings. The highest BCUT2D eigenvalue weighted by Gasteiger charge is 2.15. The second-order valence-corrected chi connectivity index (χ2v) is 6.99. The number of aromatic amines is 1. The topological polar surface area (TPSA) is 68.4 Å². The summed E-state index contributed by atoms with van der Waals surface area (Å²) in [5, 5.41) is 0.471. The van der Waals surface area contributed by atoms with Crippen molar-refractivity contribution in [3.8, 4) is 5.75 Å². The van der Waals surface area contributed by atoms with E-state index in [9.17, 15) is 9.59 Å². The number of hydrogen-bond donors (Lipinski definition) is 1. The number of methoxy groups -OCH3 is 1. The minimum Gasteiger partial charge on any atom is -0.487 e. The number of esters is 1. The van der Waals surface area contributed by atoms with E-state index in [1.807, 2.05) is 72.8 Å². The molecule has 0 fully saturated rings. The van der Waals surface area contributed by atoms with Gasteiger partial charge >= 0.3 is 5.97 Å². The Balaban J connectivity index is 1.79. The number of ether oxygens (including phenoxy) is 2. The average Bonchev–Trinajstić information content (AvgIpc) is 2.78. The van der Waals surface area contributed by atoms with Crippen LogP contribution in [0.5, 0.6) is 5.75 Å². The normalized spacial score (nSPS) is 10.7. The molecule has 0 unspecified atom stereocenters. The Morgan fingerprint density at radius 1 is 0.867 bits per heavy atom. The molecule has 3 aromatic carbocycles. The van der Waals surface area contributed by atoms with E-state index in [0.717, 1.165) is 16.7 Å². The van der Waals surface area contributed by atoms with Crippen LogP contribution in [-0.4, -0.2) is 18.1 Å². The number of pyridine rings is 1. The van der Waals surface area contributed by atoms with Crippen LogP contribution >= 0.6 is 0 Å². The Labute approximate surface area is 173 Å². The van der Waals surface area contributed by atoms with E-state index in [-0.39, 0.29) is 11.1 Å². The molecule has 30 heavy (non-hydrogen) atoms. The van der Waals surface area contributed by atoms with Gasteiger partial charge in [0.2, 0.25) is 0 Å². The van der Waals surface area contributed by atoms with Crippen molar-refractivity contribution in [2.75, 3.05) is 7.11 Å². The van der Waals surface area contributed by atoms with E-state index in [1.165, 1.54) is 13.2 Å². The molecule has 4 rings (SSSR count). The Morgan fingerprint density at radius 3 is 2.20 bits per heavy atom. The molecule has 0 atom stereocenters. The maximum atomic E-state index is 12.8. The maximum Gasteiger partial charge on any atom is 0.354 e. The van der Waals surface area contributed by atoms with Crippen LogP contribution in [0.25, 0.3) is 10.9 Å². The molecule has 0 aliphatic carbocycles. The fourth-order valence-corrected chi connectivity index (χ4v) is 3.38. The molecule has 0 spiro atoms. The van der Waals surface area contributed by atoms with Crippen molar-refractivity contribution < 1.29 is 14.3 Å². The van der Waals surface area contributed by atoms with E-state index < -0.39 is 5.97 Å². The number of benzene rings is 3. The highest BCUT2D eigenvalue weighted by atomic mass is 16.5. The number of rotatable bonds is 6. The van der Waals surface area contributed by atoms with Gasteiger partial charge in [-0.2, -0.15) is 0 Å². The molecular formula is C25H21NO4. The Hall–Kier alpha value is -3.86. The van der Waals surface area contributed by atoms with Crippen molar-refractivity contribution >= 4 is 16.9 Å². The van der Waals surface area contributed by atoms with E-state index in [1.54, 1.807) is 0 Å². The van der Waals surface area contributed by atoms with E-state index in [2.05, 4.69) is 4.98 Å². The predicted octanol–water partition coefficient (Wildman–Crippen LogP) is 4.48. The van der Waals surface area contributed by atoms with Crippen molar-refractivity contribution in [1.29, 1.82) is 0 Å². The fraction of sp³-hybridized carbons (Fsp3) is 0.120. The fourth-order valence-electron chi connectivity index (χ4n) is 3.38. The number of H-pyrrole nitrogens is 1. The van der Waals surface area contributed by atoms with Gasteiger partial charge in [0.05, 0.1) is 12.6 Å². The number of carbonyl (C=O) groups excluding carboxylic acids is 1. The summed E-state index contributed by atoms with van der Waals surface area (Å²) in [7, 11) is 1.28. The van der Waals surface area contributed by atoms with Crippen molar-refractivity contribution in [2.24, 2.45) is 0 Å². The number of hydrogen-bond acceptors (Lipinski definition) is 4. The van der Waals surface area contributed by atoms with Gasteiger partial charge in [0.15, 0.2) is 5.43 Å². The van der Waals surface area contributed by atoms with Gasteiger partial charge in [-0.25, -0.2) is 4.79 Å². The van der Waals surface area contributed by atoms with E-state index >= 15 is 0 Å². The average molecular weight is 399 g/mol. The zero-order valence-electron chi connectivity index (χ0n) is 16.6. The summed E-state index contributed by atoms with van der Waals surface area (Å²) in [5.74, 6) is -0.0819. The summed E-state index contributed by atoms with van der Waals surface area (Å²) in [6.45, 7) is 0.342. The van der Waals surface area contributed by atoms with Crippen LogP contribution in [0.3, 0.4) is 0 Å². The lowest BCUT2D eigenvalue weighted by Gasteiger charge is -2.13. The third kappa shape index (κ3) is 4.25. The largest absolute Gasteiger partial charge is 0.487 e. The standard InChI is InChI=1S/C25H21NO4/c1-29-25(28)21-15-22(27)20-13-19(12-17-8-4-2-5-9-17)14-23(24(20)26-21)30-16-18-10-6-3-7-11-18/h2-11,13-15H,12,16H2,1H3,(H,26,27). The minimum atomic E-state index is -0.601. The van der Waals surface area contributed by atoms with Crippen LogP contribution in [0.2, 0.25) is 0 Å². The zero-order valence-corrected chi connectivity index (χ0v) is 16.6. The number of fused-ring (bicyclic) bond motifs is 1. The predicted molar refractivity (Wildman–Crippen MR) is 116 cm³/mol. The van der Waals surface area contributed by atoms with E-state index in [0.29, 0.717) is 29.7 Å². The van der Waals surface area contributed by atoms with Gasteiger partial charge in [0.1, 0.15) is 18.1 Å². The third-order valence-corrected chi connectivity index (χ3v) is 4.86. The van der Waals surface area contributed by atoms with Gasteiger partial charge < -0.3 is 14.5 Å². The number of nitrogens with one attached hydrogen (secondary N) is 1. The molecule has 1 aromatic heterocycles. The molecule has 0 bridgehead atoms. The quantitative estimate of drug-likeness (QED) is 0.485. The molecule has 0 saturated carbocycles. The lowest BCUT2D eigenvalue weighted by molar-refractivity contribution is 0.0594. The van der Waals surface area contributed by atoms with Crippen LogP contribution in [0, 0.1) is 0 Å². The second-order valence-electron chi connectivity index (χ2n) is 6.99. The van der Waals surface area contributed by atoms with Crippen LogP contribution < -0.4 is 10.2 Å². The molecule has 0 saturated heterocycles. The highest BCUT2D eigenvalue weighted by molar-refractivity contribution is 5.93. The van der Waals surface area contributed by atoms with Gasteiger partial charge in [-0.15, -0.1) is 0 Å². The first kappa shape index (κ1) is 19.5. The zero-order chi connectivity index (χ0) is 20.9. The molecule has 0 aliphatic rings. The Bertz CT molecular complexity index is 1230. The molecule has 0 amide bonds. The van der Waals surface area contributed by atoms with Gasteiger partial charge in [-0.05, 0) is 35.2 Å². The van der Waals surface area contributed by atoms with Crippen molar-refractivity contribution in [2.45, 2.75) is 13.0 Å². The molecular weight excluding hydrogens is 378 g/mol. The highest BCUT2D eigenvalue weighted by Crippen LogP contribution is 2.27. The summed E-state index contributed by atoms with van der Waals surface area (Å²) in [5.41, 5.74) is 3.40. The van der Waals surface area contributed by atoms with Gasteiger partial charge in [-0.1, -0.05) is 60.7 Å². The molecule has 150 valence electrons. The Kier molecular flexibility index (Phi) is 5.61. The second kappa shape index (κ2) is 8.66. The first-order chi connectivity index (χ1) is 14.6. The van der Waals surface area contributed by atoms with Crippen LogP contribution in [0.1, 0.15) is 27.2 Å². The van der Waals surface area contributed by atoms with Crippen molar-refractivity contribution in [3.05, 3.63) is 111 Å². The summed E-state index contributed by atoms with van der Waals surface area (Å²) < 4.78 is 10.8. The van der Waals surface area contributed by atoms with Gasteiger partial charge in [-0.3, -0.25) is 4.79 Å². The summed E-state index contributed by atoms with van der Waals surface area (Å²) in [4.78, 5) is 27.8. The molecule has 0 aliphatic heterocycles. The molecule has 0 radical (unpaired) electrons. The third-order valence-electron chi connectivity index (χ3n) is 4.86. The molecule has 5 nitrogen and oxygen atoms in total. The SMILES string of the molecule is COC(=O)c1cc(=O)c2cc(Cc3ccccc3)cc(OCc3ccccc3)c2[nH]1. The van der Waals surface area contributed by atoms with Crippen molar-refractivity contribution in [1.82, 2.24) is 4.98 Å². The smallest absolute Gasteiger partial charge is 0.354 e. The number of carbonyl (C=O) groups is 1. The molecule has 1 N–H and O–H groups in total. The minimum absolute atomic E-state index is 0.0929. The molecule has 1 heterocycles. The van der Waals surface area contributed by atoms with Gasteiger partial charge in [0, 0.05) is 11.5 Å². The van der Waals surface area contributed by atoms with Crippen LogP contribution in [0.4, 0.5) is 0 Å². The van der Waals surface area contributed by atoms with Crippen LogP contribution in [-0.2, 0) is 17.8 Å². The lowest BCUT2D eigenvalue weighted by atomic mass is 10.0. The summed E-state index contributed by atoms with van der Waals surface area (Å²) in [6, 6.07) is 24.8. The summed E-state index contributed by atoms with van der Waals surface area (Å²) in [6.07, 6.45) is 0.663. The first-order valence-electron chi connectivity index (χ1n) is 9.63. The van der Waals surface area contributed by atoms with Gasteiger partial charge in [0.25, 0.3) is 0 Å².